The van der Waals surface area contributed by atoms with Crippen LogP contribution in [0.4, 0.5) is 5.69 Å². The van der Waals surface area contributed by atoms with Gasteiger partial charge in [-0.1, -0.05) is 12.2 Å². The van der Waals surface area contributed by atoms with E-state index >= 15 is 0 Å². The highest BCUT2D eigenvalue weighted by Crippen LogP contribution is 2.05. The topological polar surface area (TPSA) is 46.2 Å². The van der Waals surface area contributed by atoms with Crippen LogP contribution in [0.5, 0.6) is 0 Å². The first-order valence-electron chi connectivity index (χ1n) is 4.58. The first kappa shape index (κ1) is 9.33. The van der Waals surface area contributed by atoms with Crippen LogP contribution < -0.4 is 10.8 Å². The molecule has 0 aromatic carbocycles. The van der Waals surface area contributed by atoms with Gasteiger partial charge in [-0.3, -0.25) is 4.98 Å². The minimum Gasteiger partial charge on any atom is -0.364 e. The molecule has 0 amide bonds. The predicted molar refractivity (Wildman–Crippen MR) is 58.4 cm³/mol. The van der Waals surface area contributed by atoms with Crippen molar-refractivity contribution in [2.75, 3.05) is 5.48 Å². The number of nitrogens with zero attached hydrogens (tertiary/aromatic N) is 1. The van der Waals surface area contributed by atoms with Gasteiger partial charge >= 0.3 is 0 Å². The molecule has 0 fully saturated rings. The molecule has 2 rings (SSSR count). The maximum atomic E-state index is 5.31. The third kappa shape index (κ3) is 2.87. The molecule has 76 valence electrons. The summed E-state index contributed by atoms with van der Waals surface area (Å²) in [6, 6.07) is 3.70. The van der Waals surface area contributed by atoms with Crippen LogP contribution in [0.3, 0.4) is 0 Å². The van der Waals surface area contributed by atoms with Crippen molar-refractivity contribution in [1.82, 2.24) is 10.3 Å². The van der Waals surface area contributed by atoms with Gasteiger partial charge in [0, 0.05) is 18.5 Å². The van der Waals surface area contributed by atoms with Crippen molar-refractivity contribution in [3.63, 3.8) is 0 Å². The fraction of sp³-hybridized carbons (Fsp3) is 0. The molecule has 0 radical (unpaired) electrons. The lowest BCUT2D eigenvalue weighted by Crippen LogP contribution is -2.12. The van der Waals surface area contributed by atoms with E-state index < -0.39 is 0 Å². The molecule has 0 saturated heterocycles. The highest BCUT2D eigenvalue weighted by Gasteiger charge is 1.96. The van der Waals surface area contributed by atoms with Gasteiger partial charge in [0.15, 0.2) is 0 Å². The summed E-state index contributed by atoms with van der Waals surface area (Å²) in [7, 11) is 0. The number of hydrogen-bond acceptors (Lipinski definition) is 4. The molecule has 0 bridgehead atoms. The number of hydrogen-bond donors (Lipinski definition) is 2. The number of nitrogens with one attached hydrogen (secondary N) is 2. The number of rotatable bonds is 3. The Kier molecular flexibility index (Phi) is 3.02. The average Bonchev–Trinajstić information content (AvgIpc) is 2.56. The van der Waals surface area contributed by atoms with Crippen LogP contribution >= 0.6 is 0 Å². The molecular weight excluding hydrogens is 190 g/mol. The normalized spacial score (nSPS) is 13.7. The van der Waals surface area contributed by atoms with E-state index in [9.17, 15) is 0 Å². The van der Waals surface area contributed by atoms with Crippen molar-refractivity contribution in [3.05, 3.63) is 60.9 Å². The van der Waals surface area contributed by atoms with E-state index in [-0.39, 0.29) is 0 Å². The monoisotopic (exact) mass is 201 g/mol. The first-order chi connectivity index (χ1) is 7.45. The zero-order valence-electron chi connectivity index (χ0n) is 8.05. The van der Waals surface area contributed by atoms with Crippen molar-refractivity contribution >= 4 is 5.69 Å². The molecular formula is C11H11N3O. The van der Waals surface area contributed by atoms with Crippen molar-refractivity contribution in [2.45, 2.75) is 0 Å². The van der Waals surface area contributed by atoms with Gasteiger partial charge < -0.3 is 10.2 Å². The van der Waals surface area contributed by atoms with E-state index in [0.29, 0.717) is 5.88 Å². The Balaban J connectivity index is 1.91. The first-order valence-corrected chi connectivity index (χ1v) is 4.58. The van der Waals surface area contributed by atoms with E-state index in [2.05, 4.69) is 15.8 Å². The smallest absolute Gasteiger partial charge is 0.223 e. The molecule has 2 heterocycles. The van der Waals surface area contributed by atoms with E-state index in [4.69, 9.17) is 4.84 Å². The summed E-state index contributed by atoms with van der Waals surface area (Å²) in [5, 5.41) is 2.96. The highest BCUT2D eigenvalue weighted by molar-refractivity contribution is 5.37. The Morgan fingerprint density at radius 2 is 2.27 bits per heavy atom. The van der Waals surface area contributed by atoms with Gasteiger partial charge in [0.1, 0.15) is 0 Å². The maximum Gasteiger partial charge on any atom is 0.223 e. The molecule has 0 spiro atoms. The van der Waals surface area contributed by atoms with Crippen molar-refractivity contribution in [2.24, 2.45) is 0 Å². The van der Waals surface area contributed by atoms with Crippen LogP contribution in [0.25, 0.3) is 0 Å². The van der Waals surface area contributed by atoms with Gasteiger partial charge in [-0.15, -0.1) is 0 Å². The van der Waals surface area contributed by atoms with Crippen LogP contribution in [-0.4, -0.2) is 4.98 Å². The molecule has 15 heavy (non-hydrogen) atoms. The number of anilines is 1. The molecule has 4 nitrogen and oxygen atoms in total. The maximum absolute atomic E-state index is 5.31. The molecule has 1 aliphatic rings. The van der Waals surface area contributed by atoms with Gasteiger partial charge in [0.05, 0.1) is 11.9 Å². The van der Waals surface area contributed by atoms with E-state index in [1.807, 2.05) is 36.4 Å². The fourth-order valence-electron chi connectivity index (χ4n) is 1.04. The second-order valence-electron chi connectivity index (χ2n) is 2.87. The second kappa shape index (κ2) is 4.85. The predicted octanol–water partition coefficient (Wildman–Crippen LogP) is 1.94. The minimum atomic E-state index is 0.629. The van der Waals surface area contributed by atoms with E-state index in [1.165, 1.54) is 0 Å². The third-order valence-corrected chi connectivity index (χ3v) is 1.73. The summed E-state index contributed by atoms with van der Waals surface area (Å²) in [4.78, 5) is 9.26. The zero-order chi connectivity index (χ0) is 10.3. The summed E-state index contributed by atoms with van der Waals surface area (Å²) >= 11 is 0. The minimum absolute atomic E-state index is 0.629. The van der Waals surface area contributed by atoms with Crippen LogP contribution in [0.15, 0.2) is 60.9 Å². The fourth-order valence-corrected chi connectivity index (χ4v) is 1.04. The molecule has 1 aliphatic heterocycles. The van der Waals surface area contributed by atoms with Gasteiger partial charge in [-0.05, 0) is 18.2 Å². The van der Waals surface area contributed by atoms with Gasteiger partial charge in [-0.25, -0.2) is 5.48 Å². The van der Waals surface area contributed by atoms with E-state index in [1.54, 1.807) is 18.6 Å². The summed E-state index contributed by atoms with van der Waals surface area (Å²) in [5.74, 6) is 0.629. The number of pyridine rings is 1. The van der Waals surface area contributed by atoms with Crippen LogP contribution in [0.2, 0.25) is 0 Å². The van der Waals surface area contributed by atoms with Crippen LogP contribution in [0.1, 0.15) is 0 Å². The van der Waals surface area contributed by atoms with Crippen LogP contribution in [0, 0.1) is 0 Å². The lowest BCUT2D eigenvalue weighted by Gasteiger charge is -2.09. The molecule has 1 aromatic rings. The second-order valence-corrected chi connectivity index (χ2v) is 2.87. The van der Waals surface area contributed by atoms with Gasteiger partial charge in [0.25, 0.3) is 0 Å². The summed E-state index contributed by atoms with van der Waals surface area (Å²) in [5.41, 5.74) is 3.58. The number of allylic oxidation sites excluding steroid dienone is 4. The Bertz CT molecular complexity index is 396. The SMILES string of the molecule is C1=CC=C(ONc2cccnc2)NC=C1. The molecule has 0 atom stereocenters. The summed E-state index contributed by atoms with van der Waals surface area (Å²) in [6.45, 7) is 0. The third-order valence-electron chi connectivity index (χ3n) is 1.73. The quantitative estimate of drug-likeness (QED) is 0.734. The molecule has 0 unspecified atom stereocenters. The molecule has 4 heteroatoms. The average molecular weight is 201 g/mol. The largest absolute Gasteiger partial charge is 0.364 e. The van der Waals surface area contributed by atoms with E-state index in [0.717, 1.165) is 5.69 Å². The van der Waals surface area contributed by atoms with Crippen molar-refractivity contribution in [3.8, 4) is 0 Å². The molecule has 0 aliphatic carbocycles. The van der Waals surface area contributed by atoms with Crippen molar-refractivity contribution in [1.29, 1.82) is 0 Å². The highest BCUT2D eigenvalue weighted by atomic mass is 16.7. The molecule has 2 N–H and O–H groups in total. The standard InChI is InChI=1S/C11H11N3O/c1-2-6-11(13-8-3-1)15-14-10-5-4-7-12-9-10/h1-9,13-14H. The Morgan fingerprint density at radius 1 is 1.27 bits per heavy atom. The Morgan fingerprint density at radius 3 is 3.13 bits per heavy atom. The van der Waals surface area contributed by atoms with Gasteiger partial charge in [-0.2, -0.15) is 0 Å². The lowest BCUT2D eigenvalue weighted by molar-refractivity contribution is 0.266. The summed E-state index contributed by atoms with van der Waals surface area (Å²) in [6.07, 6.45) is 12.7. The van der Waals surface area contributed by atoms with Gasteiger partial charge in [0.2, 0.25) is 5.88 Å². The molecule has 1 aromatic heterocycles. The molecule has 0 saturated carbocycles. The number of aromatic nitrogens is 1. The zero-order valence-corrected chi connectivity index (χ0v) is 8.05. The summed E-state index contributed by atoms with van der Waals surface area (Å²) < 4.78 is 0. The Hall–Kier alpha value is -2.23. The lowest BCUT2D eigenvalue weighted by atomic mass is 10.4. The van der Waals surface area contributed by atoms with Crippen molar-refractivity contribution < 1.29 is 4.84 Å². The van der Waals surface area contributed by atoms with Crippen LogP contribution in [-0.2, 0) is 4.84 Å². The Labute approximate surface area is 87.9 Å².